The zero-order chi connectivity index (χ0) is 35.8. The highest BCUT2D eigenvalue weighted by molar-refractivity contribution is 6.36. The van der Waals surface area contributed by atoms with E-state index in [0.717, 1.165) is 80.9 Å². The molecule has 2 aromatic heterocycles. The number of carbonyl (C=O) groups excluding carboxylic acids is 2. The van der Waals surface area contributed by atoms with E-state index in [4.69, 9.17) is 16.6 Å². The quantitative estimate of drug-likeness (QED) is 0.202. The molecule has 51 heavy (non-hydrogen) atoms. The van der Waals surface area contributed by atoms with Crippen LogP contribution >= 0.6 is 11.6 Å². The molecule has 2 aromatic carbocycles. The molecule has 4 aromatic rings. The summed E-state index contributed by atoms with van der Waals surface area (Å²) in [4.78, 5) is 50.0. The zero-order valence-corrected chi connectivity index (χ0v) is 29.4. The summed E-state index contributed by atoms with van der Waals surface area (Å²) in [6.45, 7) is 3.79. The van der Waals surface area contributed by atoms with Crippen molar-refractivity contribution in [2.45, 2.75) is 51.6 Å². The van der Waals surface area contributed by atoms with E-state index in [0.29, 0.717) is 41.5 Å². The maximum absolute atomic E-state index is 13.6. The predicted molar refractivity (Wildman–Crippen MR) is 191 cm³/mol. The van der Waals surface area contributed by atoms with Gasteiger partial charge >= 0.3 is 5.97 Å². The van der Waals surface area contributed by atoms with Crippen LogP contribution in [0.1, 0.15) is 75.3 Å². The predicted octanol–water partition coefficient (Wildman–Crippen LogP) is 4.75. The van der Waals surface area contributed by atoms with E-state index in [9.17, 15) is 24.8 Å². The number of anilines is 2. The highest BCUT2D eigenvalue weighted by Gasteiger charge is 2.31. The van der Waals surface area contributed by atoms with E-state index in [-0.39, 0.29) is 28.2 Å². The van der Waals surface area contributed by atoms with E-state index in [1.807, 2.05) is 18.7 Å². The largest absolute Gasteiger partial charge is 0.481 e. The second-order valence-electron chi connectivity index (χ2n) is 13.7. The van der Waals surface area contributed by atoms with E-state index in [2.05, 4.69) is 31.9 Å². The number of rotatable bonds is 8. The molecule has 4 N–H and O–H groups in total. The van der Waals surface area contributed by atoms with Crippen molar-refractivity contribution in [2.24, 2.45) is 25.9 Å². The van der Waals surface area contributed by atoms with Crippen molar-refractivity contribution >= 4 is 40.8 Å². The van der Waals surface area contributed by atoms with Crippen LogP contribution in [-0.4, -0.2) is 66.5 Å². The third kappa shape index (κ3) is 6.74. The van der Waals surface area contributed by atoms with Crippen LogP contribution in [-0.2, 0) is 44.8 Å². The van der Waals surface area contributed by atoms with Crippen molar-refractivity contribution < 1.29 is 19.5 Å². The maximum atomic E-state index is 13.6. The van der Waals surface area contributed by atoms with Gasteiger partial charge in [-0.2, -0.15) is 5.26 Å². The van der Waals surface area contributed by atoms with Crippen molar-refractivity contribution in [3.8, 4) is 17.2 Å². The van der Waals surface area contributed by atoms with Crippen molar-refractivity contribution in [1.29, 1.82) is 5.26 Å². The smallest absolute Gasteiger partial charge is 0.306 e. The molecule has 0 radical (unpaired) electrons. The van der Waals surface area contributed by atoms with E-state index in [1.165, 1.54) is 0 Å². The summed E-state index contributed by atoms with van der Waals surface area (Å²) >= 11 is 6.92. The summed E-state index contributed by atoms with van der Waals surface area (Å²) < 4.78 is 3.64. The second kappa shape index (κ2) is 14.3. The molecule has 1 saturated carbocycles. The highest BCUT2D eigenvalue weighted by atomic mass is 35.5. The summed E-state index contributed by atoms with van der Waals surface area (Å²) in [5.41, 5.74) is 5.69. The van der Waals surface area contributed by atoms with Gasteiger partial charge in [0.15, 0.2) is 11.6 Å². The fraction of sp³-hybridized carbons (Fsp3) is 0.405. The number of aliphatic carboxylic acids is 1. The van der Waals surface area contributed by atoms with Crippen molar-refractivity contribution in [2.75, 3.05) is 30.3 Å². The van der Waals surface area contributed by atoms with Crippen LogP contribution in [0.15, 0.2) is 36.4 Å². The molecule has 0 unspecified atom stereocenters. The van der Waals surface area contributed by atoms with Crippen LogP contribution < -0.4 is 16.0 Å². The van der Waals surface area contributed by atoms with Gasteiger partial charge in [0.2, 0.25) is 0 Å². The summed E-state index contributed by atoms with van der Waals surface area (Å²) in [5, 5.41) is 28.9. The van der Waals surface area contributed by atoms with Gasteiger partial charge in [0.05, 0.1) is 39.3 Å². The lowest BCUT2D eigenvalue weighted by Crippen LogP contribution is -2.36. The minimum absolute atomic E-state index is 0.229. The van der Waals surface area contributed by atoms with E-state index < -0.39 is 17.8 Å². The highest BCUT2D eigenvalue weighted by Crippen LogP contribution is 2.38. The first-order valence-electron chi connectivity index (χ1n) is 17.3. The molecule has 13 nitrogen and oxygen atoms in total. The zero-order valence-electron chi connectivity index (χ0n) is 28.6. The Balaban J connectivity index is 1.06. The number of nitriles is 1. The monoisotopic (exact) mass is 709 g/mol. The minimum Gasteiger partial charge on any atom is -0.481 e. The topological polar surface area (TPSA) is 170 Å². The summed E-state index contributed by atoms with van der Waals surface area (Å²) in [5.74, 6) is -0.736. The Labute approximate surface area is 300 Å². The van der Waals surface area contributed by atoms with Crippen LogP contribution in [0, 0.1) is 23.2 Å². The van der Waals surface area contributed by atoms with E-state index >= 15 is 0 Å². The number of nitrogens with zero attached hydrogens (tertiary/aromatic N) is 6. The Hall–Kier alpha value is -5.03. The molecule has 1 aliphatic carbocycles. The third-order valence-electron chi connectivity index (χ3n) is 10.5. The van der Waals surface area contributed by atoms with Crippen LogP contribution in [0.5, 0.6) is 0 Å². The van der Waals surface area contributed by atoms with Crippen LogP contribution in [0.3, 0.4) is 0 Å². The molecule has 264 valence electrons. The average molecular weight is 710 g/mol. The van der Waals surface area contributed by atoms with Crippen LogP contribution in [0.2, 0.25) is 5.02 Å². The standard InChI is InChI=1S/C37H40ClN9O4/c1-45-30-13-15-40-18-28(30)41-33(45)35(48)43-26-7-3-5-23(25(26)17-39)24-6-4-8-27(32(24)38)44-36(49)34-42-29-20-47(16-14-31(29)46(34)2)19-21-9-11-22(12-10-21)37(50)51/h3-8,21-22,40H,9-16,18-20H2,1-2H3,(H,43,48)(H,44,49)(H,50,51)/t21-,22-. The summed E-state index contributed by atoms with van der Waals surface area (Å²) in [7, 11) is 3.67. The molecule has 0 spiro atoms. The van der Waals surface area contributed by atoms with Gasteiger partial charge in [-0.3, -0.25) is 19.3 Å². The number of aromatic nitrogens is 4. The minimum atomic E-state index is -0.692. The molecule has 1 fully saturated rings. The summed E-state index contributed by atoms with van der Waals surface area (Å²) in [6, 6.07) is 12.6. The Morgan fingerprint density at radius 3 is 2.22 bits per heavy atom. The number of hydrogen-bond acceptors (Lipinski definition) is 8. The Morgan fingerprint density at radius 1 is 0.922 bits per heavy atom. The number of nitrogens with one attached hydrogen (secondary N) is 3. The first-order valence-corrected chi connectivity index (χ1v) is 17.7. The first kappa shape index (κ1) is 34.4. The number of hydrogen-bond donors (Lipinski definition) is 4. The van der Waals surface area contributed by atoms with Crippen LogP contribution in [0.4, 0.5) is 11.4 Å². The fourth-order valence-electron chi connectivity index (χ4n) is 7.75. The third-order valence-corrected chi connectivity index (χ3v) is 10.9. The van der Waals surface area contributed by atoms with Gasteiger partial charge in [0.1, 0.15) is 6.07 Å². The molecule has 0 saturated heterocycles. The molecular formula is C37H40ClN9O4. The van der Waals surface area contributed by atoms with Gasteiger partial charge in [-0.15, -0.1) is 0 Å². The molecule has 0 atom stereocenters. The summed E-state index contributed by atoms with van der Waals surface area (Å²) in [6.07, 6.45) is 4.81. The molecule has 7 rings (SSSR count). The number of carbonyl (C=O) groups is 3. The maximum Gasteiger partial charge on any atom is 0.306 e. The lowest BCUT2D eigenvalue weighted by Gasteiger charge is -2.33. The number of carboxylic acids is 1. The number of carboxylic acid groups (broad SMARTS) is 1. The van der Waals surface area contributed by atoms with Crippen molar-refractivity contribution in [3.63, 3.8) is 0 Å². The van der Waals surface area contributed by atoms with Gasteiger partial charge in [-0.05, 0) is 43.7 Å². The van der Waals surface area contributed by atoms with Gasteiger partial charge < -0.3 is 30.2 Å². The van der Waals surface area contributed by atoms with E-state index in [1.54, 1.807) is 41.0 Å². The van der Waals surface area contributed by atoms with Crippen LogP contribution in [0.25, 0.3) is 11.1 Å². The van der Waals surface area contributed by atoms with Crippen molar-refractivity contribution in [1.82, 2.24) is 29.3 Å². The number of amides is 2. The Morgan fingerprint density at radius 2 is 1.55 bits per heavy atom. The second-order valence-corrected chi connectivity index (χ2v) is 14.0. The number of halogens is 1. The van der Waals surface area contributed by atoms with Gasteiger partial charge in [-0.25, -0.2) is 9.97 Å². The van der Waals surface area contributed by atoms with Gasteiger partial charge in [0, 0.05) is 82.2 Å². The van der Waals surface area contributed by atoms with Crippen molar-refractivity contribution in [3.05, 3.63) is 81.4 Å². The average Bonchev–Trinajstić information content (AvgIpc) is 3.65. The molecule has 4 heterocycles. The number of benzene rings is 2. The lowest BCUT2D eigenvalue weighted by molar-refractivity contribution is -0.143. The normalized spacial score (nSPS) is 18.7. The molecule has 2 aliphatic heterocycles. The lowest BCUT2D eigenvalue weighted by atomic mass is 9.81. The molecule has 14 heteroatoms. The fourth-order valence-corrected chi connectivity index (χ4v) is 8.03. The Kier molecular flexibility index (Phi) is 9.65. The van der Waals surface area contributed by atoms with Gasteiger partial charge in [0.25, 0.3) is 11.8 Å². The SMILES string of the molecule is Cn1c(C(=O)Nc2cccc(-c3cccc(NC(=O)c4nc5c(n4C)CCNC5)c3C#N)c2Cl)nc2c1CCN(C[C@H]1CC[C@H](C(=O)O)CC1)C2. The molecule has 3 aliphatic rings. The molecular weight excluding hydrogens is 670 g/mol. The first-order chi connectivity index (χ1) is 24.6. The number of fused-ring (bicyclic) bond motifs is 2. The molecule has 2 amide bonds. The number of imidazole rings is 2. The van der Waals surface area contributed by atoms with Gasteiger partial charge in [-0.1, -0.05) is 35.9 Å². The molecule has 0 bridgehead atoms. The Bertz CT molecular complexity index is 2070.